The molecule has 0 amide bonds. The largest absolute Gasteiger partial charge is 0.353 e. The van der Waals surface area contributed by atoms with Gasteiger partial charge in [-0.25, -0.2) is 0 Å². The molecule has 0 bridgehead atoms. The van der Waals surface area contributed by atoms with Crippen LogP contribution in [-0.2, 0) is 9.47 Å². The van der Waals surface area contributed by atoms with E-state index < -0.39 is 0 Å². The first kappa shape index (κ1) is 13.3. The summed E-state index contributed by atoms with van der Waals surface area (Å²) in [6.07, 6.45) is 2.09. The molecule has 0 radical (unpaired) electrons. The van der Waals surface area contributed by atoms with Crippen molar-refractivity contribution >= 4 is 0 Å². The van der Waals surface area contributed by atoms with Gasteiger partial charge in [-0.15, -0.1) is 0 Å². The van der Waals surface area contributed by atoms with E-state index in [0.29, 0.717) is 6.04 Å². The molecule has 100 valence electrons. The van der Waals surface area contributed by atoms with E-state index in [1.807, 2.05) is 0 Å². The standard InChI is InChI=1S/C13H26N2O2/c1-11-9-15(10-12(11)14(2)3)6-5-13-16-7-4-8-17-13/h11-13H,4-10H2,1-3H3. The Hall–Kier alpha value is -0.160. The van der Waals surface area contributed by atoms with Crippen molar-refractivity contribution in [2.45, 2.75) is 32.1 Å². The molecule has 0 aromatic carbocycles. The average Bonchev–Trinajstić information content (AvgIpc) is 2.69. The normalized spacial score (nSPS) is 32.5. The predicted octanol–water partition coefficient (Wildman–Crippen LogP) is 1.02. The van der Waals surface area contributed by atoms with Gasteiger partial charge in [0.05, 0.1) is 13.2 Å². The molecule has 2 heterocycles. The molecule has 2 aliphatic rings. The third kappa shape index (κ3) is 3.65. The van der Waals surface area contributed by atoms with Crippen molar-refractivity contribution in [3.8, 4) is 0 Å². The predicted molar refractivity (Wildman–Crippen MR) is 68.0 cm³/mol. The van der Waals surface area contributed by atoms with Crippen molar-refractivity contribution in [3.63, 3.8) is 0 Å². The third-order valence-corrected chi connectivity index (χ3v) is 3.89. The van der Waals surface area contributed by atoms with Crippen molar-refractivity contribution in [1.82, 2.24) is 9.80 Å². The van der Waals surface area contributed by atoms with E-state index in [2.05, 4.69) is 30.8 Å². The summed E-state index contributed by atoms with van der Waals surface area (Å²) < 4.78 is 11.2. The van der Waals surface area contributed by atoms with Crippen molar-refractivity contribution in [2.75, 3.05) is 46.9 Å². The lowest BCUT2D eigenvalue weighted by molar-refractivity contribution is -0.182. The van der Waals surface area contributed by atoms with Gasteiger partial charge in [-0.05, 0) is 26.4 Å². The number of hydrogen-bond donors (Lipinski definition) is 0. The first-order valence-electron chi connectivity index (χ1n) is 6.79. The molecule has 17 heavy (non-hydrogen) atoms. The Morgan fingerprint density at radius 2 is 1.88 bits per heavy atom. The van der Waals surface area contributed by atoms with Crippen molar-refractivity contribution in [3.05, 3.63) is 0 Å². The van der Waals surface area contributed by atoms with E-state index in [-0.39, 0.29) is 6.29 Å². The minimum Gasteiger partial charge on any atom is -0.353 e. The number of likely N-dealkylation sites (N-methyl/N-ethyl adjacent to an activating group) is 1. The Labute approximate surface area is 105 Å². The highest BCUT2D eigenvalue weighted by Gasteiger charge is 2.31. The smallest absolute Gasteiger partial charge is 0.158 e. The minimum atomic E-state index is 0.0393. The second kappa shape index (κ2) is 6.14. The lowest BCUT2D eigenvalue weighted by atomic mass is 10.1. The van der Waals surface area contributed by atoms with Gasteiger partial charge >= 0.3 is 0 Å². The summed E-state index contributed by atoms with van der Waals surface area (Å²) in [6, 6.07) is 0.697. The van der Waals surface area contributed by atoms with Gasteiger partial charge in [0.1, 0.15) is 0 Å². The highest BCUT2D eigenvalue weighted by molar-refractivity contribution is 4.86. The Balaban J connectivity index is 1.70. The summed E-state index contributed by atoms with van der Waals surface area (Å²) in [7, 11) is 4.36. The lowest BCUT2D eigenvalue weighted by Gasteiger charge is -2.26. The molecule has 2 aliphatic heterocycles. The molecule has 0 spiro atoms. The van der Waals surface area contributed by atoms with Gasteiger partial charge in [-0.3, -0.25) is 0 Å². The van der Waals surface area contributed by atoms with Crippen molar-refractivity contribution < 1.29 is 9.47 Å². The van der Waals surface area contributed by atoms with E-state index in [1.165, 1.54) is 13.1 Å². The van der Waals surface area contributed by atoms with Crippen LogP contribution in [0.1, 0.15) is 19.8 Å². The minimum absolute atomic E-state index is 0.0393. The van der Waals surface area contributed by atoms with Crippen LogP contribution < -0.4 is 0 Å². The molecule has 0 saturated carbocycles. The number of hydrogen-bond acceptors (Lipinski definition) is 4. The molecule has 0 aromatic heterocycles. The maximum absolute atomic E-state index is 5.58. The molecule has 2 rings (SSSR count). The summed E-state index contributed by atoms with van der Waals surface area (Å²) in [5.41, 5.74) is 0. The monoisotopic (exact) mass is 242 g/mol. The second-order valence-corrected chi connectivity index (χ2v) is 5.58. The van der Waals surface area contributed by atoms with Crippen LogP contribution in [0.3, 0.4) is 0 Å². The van der Waals surface area contributed by atoms with Gasteiger partial charge in [0, 0.05) is 32.1 Å². The molecular formula is C13H26N2O2. The summed E-state index contributed by atoms with van der Waals surface area (Å²) in [5, 5.41) is 0. The van der Waals surface area contributed by atoms with Crippen LogP contribution in [0.15, 0.2) is 0 Å². The number of rotatable bonds is 4. The fourth-order valence-electron chi connectivity index (χ4n) is 2.89. The van der Waals surface area contributed by atoms with E-state index in [4.69, 9.17) is 9.47 Å². The van der Waals surface area contributed by atoms with Gasteiger partial charge < -0.3 is 19.3 Å². The molecule has 0 aliphatic carbocycles. The first-order chi connectivity index (χ1) is 8.16. The fraction of sp³-hybridized carbons (Fsp3) is 1.00. The molecule has 2 unspecified atom stereocenters. The highest BCUT2D eigenvalue weighted by Crippen LogP contribution is 2.20. The number of ether oxygens (including phenoxy) is 2. The van der Waals surface area contributed by atoms with Crippen LogP contribution in [0.4, 0.5) is 0 Å². The molecular weight excluding hydrogens is 216 g/mol. The summed E-state index contributed by atoms with van der Waals surface area (Å²) in [5.74, 6) is 0.762. The second-order valence-electron chi connectivity index (χ2n) is 5.58. The zero-order valence-corrected chi connectivity index (χ0v) is 11.4. The Morgan fingerprint density at radius 1 is 1.18 bits per heavy atom. The lowest BCUT2D eigenvalue weighted by Crippen LogP contribution is -2.35. The van der Waals surface area contributed by atoms with Gasteiger partial charge in [-0.1, -0.05) is 6.92 Å². The zero-order chi connectivity index (χ0) is 12.3. The van der Waals surface area contributed by atoms with Crippen LogP contribution in [0.2, 0.25) is 0 Å². The van der Waals surface area contributed by atoms with E-state index in [0.717, 1.165) is 38.5 Å². The highest BCUT2D eigenvalue weighted by atomic mass is 16.7. The van der Waals surface area contributed by atoms with Crippen LogP contribution in [0.5, 0.6) is 0 Å². The average molecular weight is 242 g/mol. The number of likely N-dealkylation sites (tertiary alicyclic amines) is 1. The Bertz CT molecular complexity index is 229. The summed E-state index contributed by atoms with van der Waals surface area (Å²) in [4.78, 5) is 4.88. The Morgan fingerprint density at radius 3 is 2.47 bits per heavy atom. The number of nitrogens with zero attached hydrogens (tertiary/aromatic N) is 2. The van der Waals surface area contributed by atoms with Crippen molar-refractivity contribution in [1.29, 1.82) is 0 Å². The SMILES string of the molecule is CC1CN(CCC2OCCCO2)CC1N(C)C. The first-order valence-corrected chi connectivity index (χ1v) is 6.79. The van der Waals surface area contributed by atoms with Crippen LogP contribution in [0.25, 0.3) is 0 Å². The van der Waals surface area contributed by atoms with Crippen LogP contribution in [-0.4, -0.2) is 69.1 Å². The van der Waals surface area contributed by atoms with E-state index >= 15 is 0 Å². The van der Waals surface area contributed by atoms with Crippen LogP contribution in [0, 0.1) is 5.92 Å². The molecule has 2 atom stereocenters. The van der Waals surface area contributed by atoms with Gasteiger partial charge in [-0.2, -0.15) is 0 Å². The van der Waals surface area contributed by atoms with Gasteiger partial charge in [0.25, 0.3) is 0 Å². The zero-order valence-electron chi connectivity index (χ0n) is 11.4. The topological polar surface area (TPSA) is 24.9 Å². The maximum atomic E-state index is 5.58. The molecule has 2 saturated heterocycles. The Kier molecular flexibility index (Phi) is 4.79. The maximum Gasteiger partial charge on any atom is 0.158 e. The quantitative estimate of drug-likeness (QED) is 0.735. The summed E-state index contributed by atoms with van der Waals surface area (Å²) >= 11 is 0. The summed E-state index contributed by atoms with van der Waals surface area (Å²) in [6.45, 7) is 7.55. The molecule has 4 nitrogen and oxygen atoms in total. The molecule has 0 N–H and O–H groups in total. The van der Waals surface area contributed by atoms with Gasteiger partial charge in [0.15, 0.2) is 6.29 Å². The van der Waals surface area contributed by atoms with Crippen LogP contribution >= 0.6 is 0 Å². The molecule has 4 heteroatoms. The van der Waals surface area contributed by atoms with E-state index in [1.54, 1.807) is 0 Å². The third-order valence-electron chi connectivity index (χ3n) is 3.89. The van der Waals surface area contributed by atoms with Crippen molar-refractivity contribution in [2.24, 2.45) is 5.92 Å². The van der Waals surface area contributed by atoms with E-state index in [9.17, 15) is 0 Å². The molecule has 0 aromatic rings. The fourth-order valence-corrected chi connectivity index (χ4v) is 2.89. The van der Waals surface area contributed by atoms with Gasteiger partial charge in [0.2, 0.25) is 0 Å². The molecule has 2 fully saturated rings.